The number of nitrogens with one attached hydrogen (secondary N) is 3. The number of H-pyrrole nitrogens is 1. The van der Waals surface area contributed by atoms with Gasteiger partial charge in [0.15, 0.2) is 0 Å². The SMILES string of the molecule is COc1ccc2[nH]c(C)c(CC(=O)N[C@@H](CCCCCC(C)=O)C(=O)NCC(C)(C)N3CCCCC3)c2c1. The third kappa shape index (κ3) is 8.32. The Balaban J connectivity index is 1.66. The summed E-state index contributed by atoms with van der Waals surface area (Å²) in [7, 11) is 1.62. The zero-order valence-corrected chi connectivity index (χ0v) is 23.9. The third-order valence-electron chi connectivity index (χ3n) is 7.74. The molecule has 0 radical (unpaired) electrons. The van der Waals surface area contributed by atoms with E-state index in [0.717, 1.165) is 60.3 Å². The molecule has 1 aliphatic rings. The topological polar surface area (TPSA) is 104 Å². The van der Waals surface area contributed by atoms with Crippen molar-refractivity contribution in [1.29, 1.82) is 0 Å². The molecule has 1 fully saturated rings. The number of hydrogen-bond acceptors (Lipinski definition) is 5. The molecule has 0 spiro atoms. The van der Waals surface area contributed by atoms with Crippen LogP contribution in [0, 0.1) is 6.92 Å². The number of Topliss-reactive ketones (excluding diaryl/α,β-unsaturated/α-hetero) is 1. The largest absolute Gasteiger partial charge is 0.497 e. The standard InChI is InChI=1S/C30H46N4O4/c1-21(35)12-8-6-9-13-27(29(37)31-20-30(3,4)34-16-10-7-11-17-34)33-28(36)19-24-22(2)32-26-15-14-23(38-5)18-25(24)26/h14-15,18,27,32H,6-13,16-17,19-20H2,1-5H3,(H,31,37)(H,33,36)/t27-/m0/s1. The number of aromatic amines is 1. The van der Waals surface area contributed by atoms with Gasteiger partial charge in [-0.25, -0.2) is 0 Å². The average molecular weight is 527 g/mol. The summed E-state index contributed by atoms with van der Waals surface area (Å²) in [5, 5.41) is 7.09. The van der Waals surface area contributed by atoms with E-state index in [4.69, 9.17) is 4.74 Å². The molecule has 38 heavy (non-hydrogen) atoms. The van der Waals surface area contributed by atoms with Gasteiger partial charge in [-0.2, -0.15) is 0 Å². The first-order valence-corrected chi connectivity index (χ1v) is 14.1. The molecule has 1 saturated heterocycles. The van der Waals surface area contributed by atoms with E-state index < -0.39 is 6.04 Å². The number of benzene rings is 1. The van der Waals surface area contributed by atoms with Crippen LogP contribution in [0.2, 0.25) is 0 Å². The van der Waals surface area contributed by atoms with Crippen molar-refractivity contribution in [2.75, 3.05) is 26.7 Å². The van der Waals surface area contributed by atoms with Gasteiger partial charge < -0.3 is 25.1 Å². The highest BCUT2D eigenvalue weighted by atomic mass is 16.5. The first-order chi connectivity index (χ1) is 18.1. The van der Waals surface area contributed by atoms with Crippen molar-refractivity contribution in [3.63, 3.8) is 0 Å². The molecule has 1 atom stereocenters. The van der Waals surface area contributed by atoms with Gasteiger partial charge in [-0.3, -0.25) is 14.5 Å². The molecule has 3 rings (SSSR count). The van der Waals surface area contributed by atoms with Gasteiger partial charge in [-0.05, 0) is 90.2 Å². The van der Waals surface area contributed by atoms with Crippen molar-refractivity contribution >= 4 is 28.5 Å². The summed E-state index contributed by atoms with van der Waals surface area (Å²) in [6.07, 6.45) is 7.33. The summed E-state index contributed by atoms with van der Waals surface area (Å²) >= 11 is 0. The van der Waals surface area contributed by atoms with Crippen molar-refractivity contribution in [2.45, 2.75) is 97.1 Å². The van der Waals surface area contributed by atoms with Crippen LogP contribution < -0.4 is 15.4 Å². The number of ether oxygens (including phenoxy) is 1. The van der Waals surface area contributed by atoms with E-state index in [1.165, 1.54) is 19.3 Å². The van der Waals surface area contributed by atoms with Crippen molar-refractivity contribution in [3.8, 4) is 5.75 Å². The molecular weight excluding hydrogens is 480 g/mol. The number of unbranched alkanes of at least 4 members (excludes halogenated alkanes) is 2. The van der Waals surface area contributed by atoms with Crippen LogP contribution in [0.25, 0.3) is 10.9 Å². The Morgan fingerprint density at radius 2 is 1.84 bits per heavy atom. The Hall–Kier alpha value is -2.87. The van der Waals surface area contributed by atoms with Gasteiger partial charge in [0.1, 0.15) is 17.6 Å². The van der Waals surface area contributed by atoms with Crippen molar-refractivity contribution in [3.05, 3.63) is 29.5 Å². The zero-order valence-electron chi connectivity index (χ0n) is 23.9. The van der Waals surface area contributed by atoms with E-state index in [-0.39, 0.29) is 29.6 Å². The van der Waals surface area contributed by atoms with Crippen LogP contribution in [0.4, 0.5) is 0 Å². The minimum Gasteiger partial charge on any atom is -0.497 e. The number of piperidine rings is 1. The number of aryl methyl sites for hydroxylation is 1. The first kappa shape index (κ1) is 29.7. The first-order valence-electron chi connectivity index (χ1n) is 14.1. The van der Waals surface area contributed by atoms with Crippen molar-refractivity contribution < 1.29 is 19.1 Å². The second kappa shape index (κ2) is 13.8. The lowest BCUT2D eigenvalue weighted by Crippen LogP contribution is -2.56. The highest BCUT2D eigenvalue weighted by Gasteiger charge is 2.30. The summed E-state index contributed by atoms with van der Waals surface area (Å²) in [6.45, 7) is 10.5. The number of methoxy groups -OCH3 is 1. The van der Waals surface area contributed by atoms with Crippen LogP contribution in [0.5, 0.6) is 5.75 Å². The molecule has 1 aromatic carbocycles. The molecule has 210 valence electrons. The Morgan fingerprint density at radius 1 is 1.11 bits per heavy atom. The lowest BCUT2D eigenvalue weighted by atomic mass is 9.98. The van der Waals surface area contributed by atoms with Crippen LogP contribution in [0.1, 0.15) is 83.4 Å². The molecule has 1 aromatic heterocycles. The summed E-state index contributed by atoms with van der Waals surface area (Å²) in [5.41, 5.74) is 2.64. The summed E-state index contributed by atoms with van der Waals surface area (Å²) in [6, 6.07) is 5.16. The fourth-order valence-corrected chi connectivity index (χ4v) is 5.33. The summed E-state index contributed by atoms with van der Waals surface area (Å²) < 4.78 is 5.37. The molecule has 0 bridgehead atoms. The third-order valence-corrected chi connectivity index (χ3v) is 7.74. The van der Waals surface area contributed by atoms with Gasteiger partial charge in [0.05, 0.1) is 13.5 Å². The lowest BCUT2D eigenvalue weighted by molar-refractivity contribution is -0.129. The quantitative estimate of drug-likeness (QED) is 0.316. The van der Waals surface area contributed by atoms with Crippen molar-refractivity contribution in [2.24, 2.45) is 0 Å². The molecule has 2 aromatic rings. The number of carbonyl (C=O) groups is 3. The molecule has 8 nitrogen and oxygen atoms in total. The van der Waals surface area contributed by atoms with E-state index in [1.807, 2.05) is 25.1 Å². The number of nitrogens with zero attached hydrogens (tertiary/aromatic N) is 1. The number of rotatable bonds is 14. The second-order valence-electron chi connectivity index (χ2n) is 11.3. The maximum atomic E-state index is 13.3. The molecule has 3 N–H and O–H groups in total. The Bertz CT molecular complexity index is 1100. The van der Waals surface area contributed by atoms with Gasteiger partial charge in [0.25, 0.3) is 0 Å². The number of amides is 2. The maximum Gasteiger partial charge on any atom is 0.242 e. The number of aromatic nitrogens is 1. The molecule has 0 aliphatic carbocycles. The Labute approximate surface area is 227 Å². The molecule has 1 aliphatic heterocycles. The van der Waals surface area contributed by atoms with E-state index in [1.54, 1.807) is 14.0 Å². The molecular formula is C30H46N4O4. The highest BCUT2D eigenvalue weighted by molar-refractivity contribution is 5.93. The summed E-state index contributed by atoms with van der Waals surface area (Å²) in [4.78, 5) is 43.6. The molecule has 0 unspecified atom stereocenters. The predicted octanol–water partition coefficient (Wildman–Crippen LogP) is 4.43. The smallest absolute Gasteiger partial charge is 0.242 e. The maximum absolute atomic E-state index is 13.3. The minimum atomic E-state index is -0.614. The van der Waals surface area contributed by atoms with E-state index in [9.17, 15) is 14.4 Å². The van der Waals surface area contributed by atoms with Crippen LogP contribution in [-0.4, -0.2) is 65.8 Å². The normalized spacial score (nSPS) is 15.3. The Kier molecular flexibility index (Phi) is 10.8. The van der Waals surface area contributed by atoms with Crippen LogP contribution in [0.15, 0.2) is 18.2 Å². The number of carbonyl (C=O) groups excluding carboxylic acids is 3. The monoisotopic (exact) mass is 526 g/mol. The van der Waals surface area contributed by atoms with Gasteiger partial charge >= 0.3 is 0 Å². The highest BCUT2D eigenvalue weighted by Crippen LogP contribution is 2.27. The summed E-state index contributed by atoms with van der Waals surface area (Å²) in [5.74, 6) is 0.582. The number of ketones is 1. The van der Waals surface area contributed by atoms with Gasteiger partial charge in [-0.15, -0.1) is 0 Å². The second-order valence-corrected chi connectivity index (χ2v) is 11.3. The average Bonchev–Trinajstić information content (AvgIpc) is 3.20. The van der Waals surface area contributed by atoms with Crippen LogP contribution in [0.3, 0.4) is 0 Å². The van der Waals surface area contributed by atoms with Crippen molar-refractivity contribution in [1.82, 2.24) is 20.5 Å². The van der Waals surface area contributed by atoms with Crippen LogP contribution >= 0.6 is 0 Å². The molecule has 8 heteroatoms. The van der Waals surface area contributed by atoms with Gasteiger partial charge in [0, 0.05) is 35.1 Å². The number of likely N-dealkylation sites (tertiary alicyclic amines) is 1. The molecule has 2 heterocycles. The number of fused-ring (bicyclic) bond motifs is 1. The molecule has 0 saturated carbocycles. The van der Waals surface area contributed by atoms with Gasteiger partial charge in [-0.1, -0.05) is 19.3 Å². The fourth-order valence-electron chi connectivity index (χ4n) is 5.33. The predicted molar refractivity (Wildman–Crippen MR) is 152 cm³/mol. The number of hydrogen-bond donors (Lipinski definition) is 3. The van der Waals surface area contributed by atoms with Crippen LogP contribution in [-0.2, 0) is 20.8 Å². The minimum absolute atomic E-state index is 0.146. The fraction of sp³-hybridized carbons (Fsp3) is 0.633. The van der Waals surface area contributed by atoms with E-state index in [2.05, 4.69) is 34.4 Å². The lowest BCUT2D eigenvalue weighted by Gasteiger charge is -2.41. The van der Waals surface area contributed by atoms with E-state index >= 15 is 0 Å². The molecule has 2 amide bonds. The van der Waals surface area contributed by atoms with Gasteiger partial charge in [0.2, 0.25) is 11.8 Å². The Morgan fingerprint density at radius 3 is 2.53 bits per heavy atom. The van der Waals surface area contributed by atoms with E-state index in [0.29, 0.717) is 19.4 Å². The zero-order chi connectivity index (χ0) is 27.7.